The molecule has 0 saturated carbocycles. The Morgan fingerprint density at radius 1 is 1.15 bits per heavy atom. The molecule has 5 nitrogen and oxygen atoms in total. The smallest absolute Gasteiger partial charge is 0.285 e. The summed E-state index contributed by atoms with van der Waals surface area (Å²) in [5, 5.41) is 10.4. The van der Waals surface area contributed by atoms with E-state index in [2.05, 4.69) is 5.43 Å². The molecule has 0 aliphatic carbocycles. The lowest BCUT2D eigenvalue weighted by molar-refractivity contribution is -0.123. The van der Waals surface area contributed by atoms with E-state index in [0.717, 1.165) is 27.9 Å². The fourth-order valence-electron chi connectivity index (χ4n) is 2.40. The number of benzene rings is 2. The molecule has 7 heteroatoms. The van der Waals surface area contributed by atoms with Crippen molar-refractivity contribution in [3.8, 4) is 5.75 Å². The van der Waals surface area contributed by atoms with E-state index in [-0.39, 0.29) is 16.0 Å². The molecule has 0 atom stereocenters. The number of thioether (sulfide) groups is 1. The highest BCUT2D eigenvalue weighted by Gasteiger charge is 2.33. The van der Waals surface area contributed by atoms with Gasteiger partial charge in [-0.25, -0.2) is 0 Å². The highest BCUT2D eigenvalue weighted by Crippen LogP contribution is 2.31. The number of hydrogen-bond donors (Lipinski definition) is 2. The predicted octanol–water partition coefficient (Wildman–Crippen LogP) is 3.88. The summed E-state index contributed by atoms with van der Waals surface area (Å²) < 4.78 is 0.255. The molecule has 2 N–H and O–H groups in total. The van der Waals surface area contributed by atoms with Crippen molar-refractivity contribution in [3.63, 3.8) is 0 Å². The molecule has 2 aromatic carbocycles. The second kappa shape index (κ2) is 8.20. The number of phenols is 1. The molecule has 3 rings (SSSR count). The molecular formula is C20H16N2O3S2. The average Bonchev–Trinajstić information content (AvgIpc) is 2.90. The standard InChI is InChI=1S/C20H16N2O3S2/c1-13(11-14-5-3-2-4-6-14)12-17-19(25)22(20(26)27-17)21-18(24)15-7-9-16(23)10-8-15/h2-12,23H,1H3,(H,21,24)/b13-11+,17-12+. The number of amides is 2. The number of phenolic OH excluding ortho intramolecular Hbond substituents is 1. The predicted molar refractivity (Wildman–Crippen MR) is 111 cm³/mol. The highest BCUT2D eigenvalue weighted by molar-refractivity contribution is 8.26. The summed E-state index contributed by atoms with van der Waals surface area (Å²) >= 11 is 6.35. The van der Waals surface area contributed by atoms with Crippen LogP contribution in [0, 0.1) is 0 Å². The minimum Gasteiger partial charge on any atom is -0.508 e. The van der Waals surface area contributed by atoms with Crippen LogP contribution in [0.1, 0.15) is 22.8 Å². The number of rotatable bonds is 4. The molecule has 1 fully saturated rings. The molecule has 2 amide bonds. The van der Waals surface area contributed by atoms with Gasteiger partial charge in [-0.2, -0.15) is 5.01 Å². The topological polar surface area (TPSA) is 69.6 Å². The quantitative estimate of drug-likeness (QED) is 0.606. The molecule has 1 heterocycles. The summed E-state index contributed by atoms with van der Waals surface area (Å²) in [4.78, 5) is 25.3. The normalized spacial score (nSPS) is 16.1. The molecule has 0 unspecified atom stereocenters. The maximum Gasteiger partial charge on any atom is 0.285 e. The molecule has 1 aliphatic heterocycles. The number of hydrogen-bond acceptors (Lipinski definition) is 5. The molecule has 1 saturated heterocycles. The second-order valence-electron chi connectivity index (χ2n) is 5.80. The summed E-state index contributed by atoms with van der Waals surface area (Å²) in [6, 6.07) is 15.5. The van der Waals surface area contributed by atoms with E-state index in [1.54, 1.807) is 6.08 Å². The fourth-order valence-corrected chi connectivity index (χ4v) is 3.63. The van der Waals surface area contributed by atoms with Crippen molar-refractivity contribution < 1.29 is 14.7 Å². The zero-order valence-electron chi connectivity index (χ0n) is 14.4. The monoisotopic (exact) mass is 396 g/mol. The maximum absolute atomic E-state index is 12.6. The SMILES string of the molecule is CC(=C\c1ccccc1)/C=C1/SC(=S)N(NC(=O)c2ccc(O)cc2)C1=O. The van der Waals surface area contributed by atoms with Gasteiger partial charge in [-0.15, -0.1) is 0 Å². The van der Waals surface area contributed by atoms with Crippen LogP contribution >= 0.6 is 24.0 Å². The number of allylic oxidation sites excluding steroid dienone is 2. The lowest BCUT2D eigenvalue weighted by Crippen LogP contribution is -2.44. The van der Waals surface area contributed by atoms with Gasteiger partial charge in [-0.1, -0.05) is 48.2 Å². The molecule has 0 bridgehead atoms. The third kappa shape index (κ3) is 4.64. The van der Waals surface area contributed by atoms with Crippen molar-refractivity contribution in [3.05, 3.63) is 82.3 Å². The molecule has 27 heavy (non-hydrogen) atoms. The third-order valence-corrected chi connectivity index (χ3v) is 4.99. The number of carbonyl (C=O) groups is 2. The summed E-state index contributed by atoms with van der Waals surface area (Å²) in [6.07, 6.45) is 3.71. The molecule has 1 aliphatic rings. The summed E-state index contributed by atoms with van der Waals surface area (Å²) in [5.41, 5.74) is 4.74. The molecule has 0 aromatic heterocycles. The van der Waals surface area contributed by atoms with Crippen molar-refractivity contribution in [2.24, 2.45) is 0 Å². The van der Waals surface area contributed by atoms with Crippen molar-refractivity contribution in [2.75, 3.05) is 0 Å². The van der Waals surface area contributed by atoms with Crippen LogP contribution in [0.4, 0.5) is 0 Å². The Morgan fingerprint density at radius 3 is 2.48 bits per heavy atom. The summed E-state index contributed by atoms with van der Waals surface area (Å²) in [6.45, 7) is 1.90. The number of nitrogens with one attached hydrogen (secondary N) is 1. The number of thiocarbonyl (C=S) groups is 1. The average molecular weight is 396 g/mol. The van der Waals surface area contributed by atoms with Gasteiger partial charge in [0.25, 0.3) is 11.8 Å². The van der Waals surface area contributed by atoms with E-state index in [0.29, 0.717) is 10.5 Å². The molecule has 0 spiro atoms. The Hall–Kier alpha value is -2.90. The Bertz CT molecular complexity index is 951. The first kappa shape index (κ1) is 18.9. The molecule has 0 radical (unpaired) electrons. The van der Waals surface area contributed by atoms with Crippen molar-refractivity contribution >= 4 is 46.2 Å². The maximum atomic E-state index is 12.6. The highest BCUT2D eigenvalue weighted by atomic mass is 32.2. The van der Waals surface area contributed by atoms with Gasteiger partial charge >= 0.3 is 0 Å². The van der Waals surface area contributed by atoms with Gasteiger partial charge < -0.3 is 5.11 Å². The zero-order valence-corrected chi connectivity index (χ0v) is 16.0. The van der Waals surface area contributed by atoms with Crippen LogP contribution in [0.3, 0.4) is 0 Å². The van der Waals surface area contributed by atoms with Crippen molar-refractivity contribution in [1.29, 1.82) is 0 Å². The van der Waals surface area contributed by atoms with Crippen LogP contribution in [0.15, 0.2) is 71.2 Å². The van der Waals surface area contributed by atoms with Crippen molar-refractivity contribution in [2.45, 2.75) is 6.92 Å². The number of aromatic hydroxyl groups is 1. The lowest BCUT2D eigenvalue weighted by Gasteiger charge is -2.15. The first-order chi connectivity index (χ1) is 12.9. The van der Waals surface area contributed by atoms with E-state index in [4.69, 9.17) is 12.2 Å². The molecular weight excluding hydrogens is 380 g/mol. The number of nitrogens with zero attached hydrogens (tertiary/aromatic N) is 1. The molecule has 2 aromatic rings. The van der Waals surface area contributed by atoms with Gasteiger partial charge in [0.2, 0.25) is 0 Å². The fraction of sp³-hybridized carbons (Fsp3) is 0.0500. The van der Waals surface area contributed by atoms with Crippen LogP contribution in [-0.4, -0.2) is 26.3 Å². The Labute approximate surface area is 166 Å². The third-order valence-electron chi connectivity index (χ3n) is 3.69. The largest absolute Gasteiger partial charge is 0.508 e. The van der Waals surface area contributed by atoms with Gasteiger partial charge in [0.15, 0.2) is 4.32 Å². The van der Waals surface area contributed by atoms with Gasteiger partial charge in [-0.3, -0.25) is 15.0 Å². The van der Waals surface area contributed by atoms with Gasteiger partial charge in [0.1, 0.15) is 5.75 Å². The van der Waals surface area contributed by atoms with E-state index >= 15 is 0 Å². The second-order valence-corrected chi connectivity index (χ2v) is 7.48. The Morgan fingerprint density at radius 2 is 1.81 bits per heavy atom. The van der Waals surface area contributed by atoms with Crippen LogP contribution in [0.2, 0.25) is 0 Å². The van der Waals surface area contributed by atoms with Gasteiger partial charge in [0.05, 0.1) is 4.91 Å². The number of carbonyl (C=O) groups excluding carboxylic acids is 2. The van der Waals surface area contributed by atoms with E-state index in [1.807, 2.05) is 43.3 Å². The summed E-state index contributed by atoms with van der Waals surface area (Å²) in [5.74, 6) is -0.803. The Kier molecular flexibility index (Phi) is 5.73. The van der Waals surface area contributed by atoms with E-state index in [9.17, 15) is 14.7 Å². The van der Waals surface area contributed by atoms with Crippen LogP contribution in [0.25, 0.3) is 6.08 Å². The first-order valence-corrected chi connectivity index (χ1v) is 9.28. The number of hydrazine groups is 1. The van der Waals surface area contributed by atoms with Gasteiger partial charge in [0, 0.05) is 5.56 Å². The Balaban J connectivity index is 1.73. The van der Waals surface area contributed by atoms with E-state index in [1.165, 1.54) is 24.3 Å². The molecule has 136 valence electrons. The van der Waals surface area contributed by atoms with Crippen LogP contribution < -0.4 is 5.43 Å². The minimum atomic E-state index is -0.482. The zero-order chi connectivity index (χ0) is 19.4. The van der Waals surface area contributed by atoms with Crippen molar-refractivity contribution in [1.82, 2.24) is 10.4 Å². The summed E-state index contributed by atoms with van der Waals surface area (Å²) in [7, 11) is 0. The lowest BCUT2D eigenvalue weighted by atomic mass is 10.1. The van der Waals surface area contributed by atoms with Crippen LogP contribution in [0.5, 0.6) is 5.75 Å². The van der Waals surface area contributed by atoms with Gasteiger partial charge in [-0.05, 0) is 60.6 Å². The van der Waals surface area contributed by atoms with Crippen LogP contribution in [-0.2, 0) is 4.79 Å². The minimum absolute atomic E-state index is 0.0563. The first-order valence-electron chi connectivity index (χ1n) is 8.05. The van der Waals surface area contributed by atoms with E-state index < -0.39 is 5.91 Å².